The van der Waals surface area contributed by atoms with Crippen LogP contribution < -0.4 is 11.1 Å². The second-order valence-electron chi connectivity index (χ2n) is 3.18. The molecule has 2 aromatic rings. The van der Waals surface area contributed by atoms with E-state index < -0.39 is 0 Å². The topological polar surface area (TPSA) is 68.0 Å². The van der Waals surface area contributed by atoms with Gasteiger partial charge in [-0.15, -0.1) is 11.3 Å². The molecule has 0 fully saturated rings. The Hall–Kier alpha value is -0.920. The fourth-order valence-corrected chi connectivity index (χ4v) is 3.15. The van der Waals surface area contributed by atoms with E-state index in [0.717, 1.165) is 8.95 Å². The van der Waals surface area contributed by atoms with Gasteiger partial charge in [-0.3, -0.25) is 9.78 Å². The average molecular weight is 377 g/mol. The summed E-state index contributed by atoms with van der Waals surface area (Å²) in [6.07, 6.45) is 1.53. The Balaban J connectivity index is 2.28. The number of aromatic nitrogens is 1. The third-order valence-electron chi connectivity index (χ3n) is 1.96. The van der Waals surface area contributed by atoms with E-state index in [4.69, 9.17) is 5.73 Å². The highest BCUT2D eigenvalue weighted by Crippen LogP contribution is 2.33. The van der Waals surface area contributed by atoms with Crippen molar-refractivity contribution in [2.24, 2.45) is 0 Å². The number of hydrogen-bond donors (Lipinski definition) is 2. The Bertz CT molecular complexity index is 534. The van der Waals surface area contributed by atoms with Gasteiger partial charge >= 0.3 is 0 Å². The van der Waals surface area contributed by atoms with Crippen LogP contribution in [0.4, 0.5) is 11.4 Å². The number of anilines is 2. The van der Waals surface area contributed by atoms with E-state index in [1.807, 2.05) is 0 Å². The van der Waals surface area contributed by atoms with Gasteiger partial charge in [0.25, 0.3) is 5.91 Å². The van der Waals surface area contributed by atoms with Gasteiger partial charge < -0.3 is 11.1 Å². The minimum atomic E-state index is -0.196. The molecule has 0 spiro atoms. The highest BCUT2D eigenvalue weighted by molar-refractivity contribution is 9.11. The Kier molecular flexibility index (Phi) is 3.80. The van der Waals surface area contributed by atoms with E-state index in [9.17, 15) is 4.79 Å². The van der Waals surface area contributed by atoms with Crippen molar-refractivity contribution in [2.45, 2.75) is 0 Å². The van der Waals surface area contributed by atoms with Gasteiger partial charge in [0.15, 0.2) is 0 Å². The van der Waals surface area contributed by atoms with E-state index in [0.29, 0.717) is 16.3 Å². The lowest BCUT2D eigenvalue weighted by molar-refractivity contribution is 0.103. The molecule has 1 aromatic carbocycles. The van der Waals surface area contributed by atoms with Crippen molar-refractivity contribution < 1.29 is 4.79 Å². The average Bonchev–Trinajstić information content (AvgIpc) is 2.76. The van der Waals surface area contributed by atoms with Crippen molar-refractivity contribution >= 4 is 60.5 Å². The van der Waals surface area contributed by atoms with Gasteiger partial charge in [0, 0.05) is 14.6 Å². The maximum Gasteiger partial charge on any atom is 0.267 e. The molecule has 7 heteroatoms. The molecule has 0 aliphatic carbocycles. The van der Waals surface area contributed by atoms with Crippen LogP contribution in [0.1, 0.15) is 9.67 Å². The van der Waals surface area contributed by atoms with Gasteiger partial charge in [-0.1, -0.05) is 0 Å². The second kappa shape index (κ2) is 5.16. The maximum atomic E-state index is 11.9. The summed E-state index contributed by atoms with van der Waals surface area (Å²) >= 11 is 7.99. The number of nitrogens with two attached hydrogens (primary N) is 1. The number of thiazole rings is 1. The number of hydrogen-bond acceptors (Lipinski definition) is 4. The quantitative estimate of drug-likeness (QED) is 0.788. The van der Waals surface area contributed by atoms with Crippen LogP contribution in [0.2, 0.25) is 0 Å². The monoisotopic (exact) mass is 375 g/mol. The predicted octanol–water partition coefficient (Wildman–Crippen LogP) is 3.50. The van der Waals surface area contributed by atoms with Crippen LogP contribution in [0.5, 0.6) is 0 Å². The van der Waals surface area contributed by atoms with Crippen LogP contribution >= 0.6 is 43.2 Å². The van der Waals surface area contributed by atoms with Crippen molar-refractivity contribution in [3.8, 4) is 0 Å². The standard InChI is InChI=1S/C10H7Br2N3OS/c11-6-1-5(13)2-7(12)9(6)15-10(16)8-3-14-4-17-8/h1-4H,13H2,(H,15,16). The number of carbonyl (C=O) groups excluding carboxylic acids is 1. The first-order valence-electron chi connectivity index (χ1n) is 4.52. The Morgan fingerprint density at radius 3 is 2.53 bits per heavy atom. The summed E-state index contributed by atoms with van der Waals surface area (Å²) in [5.41, 5.74) is 8.55. The first kappa shape index (κ1) is 12.5. The molecular weight excluding hydrogens is 370 g/mol. The molecule has 0 bridgehead atoms. The third kappa shape index (κ3) is 2.85. The zero-order chi connectivity index (χ0) is 12.4. The molecule has 17 heavy (non-hydrogen) atoms. The lowest BCUT2D eigenvalue weighted by Gasteiger charge is -2.09. The molecule has 0 aliphatic rings. The number of rotatable bonds is 2. The first-order valence-corrected chi connectivity index (χ1v) is 6.99. The fourth-order valence-electron chi connectivity index (χ4n) is 1.22. The van der Waals surface area contributed by atoms with Crippen LogP contribution in [0, 0.1) is 0 Å². The van der Waals surface area contributed by atoms with Crippen molar-refractivity contribution in [1.29, 1.82) is 0 Å². The molecule has 1 aromatic heterocycles. The summed E-state index contributed by atoms with van der Waals surface area (Å²) in [5, 5.41) is 2.79. The summed E-state index contributed by atoms with van der Waals surface area (Å²) in [6.45, 7) is 0. The van der Waals surface area contributed by atoms with Gasteiger partial charge in [0.1, 0.15) is 4.88 Å². The molecule has 88 valence electrons. The predicted molar refractivity (Wildman–Crippen MR) is 76.3 cm³/mol. The van der Waals surface area contributed by atoms with Gasteiger partial charge in [-0.2, -0.15) is 0 Å². The molecule has 1 heterocycles. The van der Waals surface area contributed by atoms with Gasteiger partial charge in [0.2, 0.25) is 0 Å². The molecule has 3 N–H and O–H groups in total. The van der Waals surface area contributed by atoms with E-state index in [-0.39, 0.29) is 5.91 Å². The first-order chi connectivity index (χ1) is 8.08. The van der Waals surface area contributed by atoms with Crippen molar-refractivity contribution in [3.05, 3.63) is 37.7 Å². The van der Waals surface area contributed by atoms with Crippen LogP contribution in [0.25, 0.3) is 0 Å². The van der Waals surface area contributed by atoms with Crippen LogP contribution in [-0.4, -0.2) is 10.9 Å². The minimum Gasteiger partial charge on any atom is -0.399 e. The van der Waals surface area contributed by atoms with E-state index in [2.05, 4.69) is 42.2 Å². The number of nitrogens with one attached hydrogen (secondary N) is 1. The normalized spacial score (nSPS) is 10.2. The molecule has 0 saturated carbocycles. The molecule has 0 unspecified atom stereocenters. The number of nitrogens with zero attached hydrogens (tertiary/aromatic N) is 1. The molecule has 4 nitrogen and oxygen atoms in total. The Labute approximate surface area is 118 Å². The SMILES string of the molecule is Nc1cc(Br)c(NC(=O)c2cncs2)c(Br)c1. The Morgan fingerprint density at radius 2 is 2.00 bits per heavy atom. The number of nitrogen functional groups attached to an aromatic ring is 1. The third-order valence-corrected chi connectivity index (χ3v) is 3.98. The molecule has 0 aliphatic heterocycles. The highest BCUT2D eigenvalue weighted by Gasteiger charge is 2.12. The van der Waals surface area contributed by atoms with Crippen LogP contribution in [0.3, 0.4) is 0 Å². The molecular formula is C10H7Br2N3OS. The summed E-state index contributed by atoms with van der Waals surface area (Å²) in [4.78, 5) is 16.3. The Morgan fingerprint density at radius 1 is 1.35 bits per heavy atom. The summed E-state index contributed by atoms with van der Waals surface area (Å²) in [6, 6.07) is 3.46. The molecule has 0 atom stereocenters. The van der Waals surface area contributed by atoms with Crippen molar-refractivity contribution in [3.63, 3.8) is 0 Å². The van der Waals surface area contributed by atoms with Gasteiger partial charge in [-0.25, -0.2) is 0 Å². The van der Waals surface area contributed by atoms with Gasteiger partial charge in [0.05, 0.1) is 17.4 Å². The summed E-state index contributed by atoms with van der Waals surface area (Å²) < 4.78 is 1.45. The molecule has 2 rings (SSSR count). The number of benzene rings is 1. The fraction of sp³-hybridized carbons (Fsp3) is 0. The van der Waals surface area contributed by atoms with Crippen molar-refractivity contribution in [2.75, 3.05) is 11.1 Å². The lowest BCUT2D eigenvalue weighted by Crippen LogP contribution is -2.11. The molecule has 1 amide bonds. The lowest BCUT2D eigenvalue weighted by atomic mass is 10.3. The van der Waals surface area contributed by atoms with Crippen molar-refractivity contribution in [1.82, 2.24) is 4.98 Å². The maximum absolute atomic E-state index is 11.9. The second-order valence-corrected chi connectivity index (χ2v) is 5.77. The summed E-state index contributed by atoms with van der Waals surface area (Å²) in [5.74, 6) is -0.196. The number of amides is 1. The smallest absolute Gasteiger partial charge is 0.267 e. The summed E-state index contributed by atoms with van der Waals surface area (Å²) in [7, 11) is 0. The minimum absolute atomic E-state index is 0.196. The van der Waals surface area contributed by atoms with Crippen LogP contribution in [0.15, 0.2) is 32.8 Å². The molecule has 0 radical (unpaired) electrons. The zero-order valence-electron chi connectivity index (χ0n) is 8.41. The van der Waals surface area contributed by atoms with E-state index >= 15 is 0 Å². The molecule has 0 saturated heterocycles. The van der Waals surface area contributed by atoms with E-state index in [1.165, 1.54) is 17.5 Å². The van der Waals surface area contributed by atoms with Crippen LogP contribution in [-0.2, 0) is 0 Å². The largest absolute Gasteiger partial charge is 0.399 e. The zero-order valence-corrected chi connectivity index (χ0v) is 12.4. The van der Waals surface area contributed by atoms with Gasteiger partial charge in [-0.05, 0) is 44.0 Å². The number of carbonyl (C=O) groups is 1. The number of halogens is 2. The highest BCUT2D eigenvalue weighted by atomic mass is 79.9. The van der Waals surface area contributed by atoms with E-state index in [1.54, 1.807) is 17.6 Å².